The number of nitrogens with one attached hydrogen (secondary N) is 1. The molecule has 0 aromatic heterocycles. The number of hydrogen-bond acceptors (Lipinski definition) is 5. The molecule has 3 amide bonds. The number of rotatable bonds is 12. The summed E-state index contributed by atoms with van der Waals surface area (Å²) in [4.78, 5) is 59.9. The van der Waals surface area contributed by atoms with Gasteiger partial charge in [-0.05, 0) is 25.7 Å². The van der Waals surface area contributed by atoms with Crippen molar-refractivity contribution in [2.45, 2.75) is 73.3 Å². The van der Waals surface area contributed by atoms with Gasteiger partial charge in [-0.2, -0.15) is 0 Å². The molecular weight excluding hydrogens is 360 g/mol. The minimum absolute atomic E-state index is 0. The minimum atomic E-state index is -0.592. The van der Waals surface area contributed by atoms with E-state index in [2.05, 4.69) is 5.32 Å². The van der Waals surface area contributed by atoms with Gasteiger partial charge in [0.15, 0.2) is 5.78 Å². The van der Waals surface area contributed by atoms with Gasteiger partial charge in [0.1, 0.15) is 5.78 Å². The molecule has 2 atom stereocenters. The zero-order valence-corrected chi connectivity index (χ0v) is 16.6. The lowest BCUT2D eigenvalue weighted by Crippen LogP contribution is -2.45. The Morgan fingerprint density at radius 1 is 1.00 bits per heavy atom. The van der Waals surface area contributed by atoms with Gasteiger partial charge in [-0.15, -0.1) is 0 Å². The van der Waals surface area contributed by atoms with Crippen molar-refractivity contribution in [3.8, 4) is 0 Å². The molecule has 0 fully saturated rings. The van der Waals surface area contributed by atoms with Gasteiger partial charge in [0.05, 0.1) is 6.04 Å². The number of unbranched alkanes of at least 4 members (excludes halogenated alkanes) is 2. The molecule has 0 spiro atoms. The third-order valence-electron chi connectivity index (χ3n) is 4.72. The fraction of sp³-hybridized carbons (Fsp3) is 0.667. The van der Waals surface area contributed by atoms with Gasteiger partial charge in [-0.25, -0.2) is 0 Å². The van der Waals surface area contributed by atoms with E-state index >= 15 is 0 Å². The number of ketones is 2. The molecule has 1 N–H and O–H groups in total. The Balaban J connectivity index is 0.00000729. The zero-order valence-electron chi connectivity index (χ0n) is 16.6. The molecule has 0 aromatic carbocycles. The third kappa shape index (κ3) is 8.15. The maximum absolute atomic E-state index is 12.4. The fourth-order valence-corrected chi connectivity index (χ4v) is 2.82. The van der Waals surface area contributed by atoms with Gasteiger partial charge in [0.25, 0.3) is 11.8 Å². The maximum atomic E-state index is 12.4. The molecule has 1 aliphatic heterocycles. The topological polar surface area (TPSA) is 101 Å². The number of Topliss-reactive ketones (excluding diaryl/α,β-unsaturated/α-hetero) is 2. The Morgan fingerprint density at radius 2 is 1.57 bits per heavy atom. The summed E-state index contributed by atoms with van der Waals surface area (Å²) < 4.78 is 0. The van der Waals surface area contributed by atoms with Crippen molar-refractivity contribution in [2.24, 2.45) is 11.8 Å². The van der Waals surface area contributed by atoms with Gasteiger partial charge in [0.2, 0.25) is 5.91 Å². The summed E-state index contributed by atoms with van der Waals surface area (Å²) in [5.74, 6) is -1.36. The van der Waals surface area contributed by atoms with Crippen molar-refractivity contribution in [1.82, 2.24) is 10.2 Å². The van der Waals surface area contributed by atoms with E-state index in [1.54, 1.807) is 6.92 Å². The van der Waals surface area contributed by atoms with Crippen LogP contribution in [0, 0.1) is 11.8 Å². The molecule has 0 radical (unpaired) electrons. The first-order valence-corrected chi connectivity index (χ1v) is 9.49. The molecule has 1 rings (SSSR count). The van der Waals surface area contributed by atoms with Crippen molar-refractivity contribution in [3.05, 3.63) is 12.2 Å². The number of hydrogen-bond donors (Lipinski definition) is 1. The van der Waals surface area contributed by atoms with E-state index in [-0.39, 0.29) is 61.4 Å². The van der Waals surface area contributed by atoms with Crippen LogP contribution in [0.5, 0.6) is 0 Å². The van der Waals surface area contributed by atoms with E-state index in [4.69, 9.17) is 0 Å². The number of carbonyl (C=O) groups excluding carboxylic acids is 5. The van der Waals surface area contributed by atoms with Crippen LogP contribution in [-0.4, -0.2) is 46.8 Å². The largest absolute Gasteiger partial charge is 0.346 e. The predicted molar refractivity (Wildman–Crippen MR) is 107 cm³/mol. The molecule has 0 aliphatic carbocycles. The molecule has 28 heavy (non-hydrogen) atoms. The average molecular weight is 395 g/mol. The SMILES string of the molecule is C.CC(=O)[C@H](C)CC(=O)[C@@H](NC(=O)CCCCCN1C(=O)C=CC1=O)C(C)C. The van der Waals surface area contributed by atoms with E-state index < -0.39 is 6.04 Å². The van der Waals surface area contributed by atoms with Gasteiger partial charge < -0.3 is 5.32 Å². The smallest absolute Gasteiger partial charge is 0.253 e. The first-order valence-electron chi connectivity index (χ1n) is 9.49. The second-order valence-corrected chi connectivity index (χ2v) is 7.44. The van der Waals surface area contributed by atoms with Crippen LogP contribution in [0.2, 0.25) is 0 Å². The fourth-order valence-electron chi connectivity index (χ4n) is 2.82. The molecule has 0 bridgehead atoms. The summed E-state index contributed by atoms with van der Waals surface area (Å²) in [5.41, 5.74) is 0. The second-order valence-electron chi connectivity index (χ2n) is 7.44. The first kappa shape index (κ1) is 25.7. The van der Waals surface area contributed by atoms with Gasteiger partial charge >= 0.3 is 0 Å². The predicted octanol–water partition coefficient (Wildman–Crippen LogP) is 2.43. The monoisotopic (exact) mass is 394 g/mol. The van der Waals surface area contributed by atoms with Crippen LogP contribution >= 0.6 is 0 Å². The highest BCUT2D eigenvalue weighted by atomic mass is 16.2. The Labute approximate surface area is 167 Å². The molecule has 7 nitrogen and oxygen atoms in total. The minimum Gasteiger partial charge on any atom is -0.346 e. The van der Waals surface area contributed by atoms with Crippen LogP contribution in [0.4, 0.5) is 0 Å². The Kier molecular flexibility index (Phi) is 11.2. The summed E-state index contributed by atoms with van der Waals surface area (Å²) in [5, 5.41) is 2.78. The summed E-state index contributed by atoms with van der Waals surface area (Å²) in [6.45, 7) is 7.24. The Hall–Kier alpha value is -2.31. The van der Waals surface area contributed by atoms with Crippen molar-refractivity contribution >= 4 is 29.3 Å². The molecule has 158 valence electrons. The molecular formula is C21H34N2O5. The van der Waals surface area contributed by atoms with Crippen molar-refractivity contribution in [2.75, 3.05) is 6.54 Å². The molecule has 0 unspecified atom stereocenters. The average Bonchev–Trinajstić information content (AvgIpc) is 2.90. The molecule has 7 heteroatoms. The summed E-state index contributed by atoms with van der Waals surface area (Å²) in [7, 11) is 0. The standard InChI is InChI=1S/C20H30N2O5.CH4/c1-13(2)20(16(24)12-14(3)15(4)23)21-17(25)8-6-5-7-11-22-18(26)9-10-19(22)27;/h9-10,13-14,20H,5-8,11-12H2,1-4H3,(H,21,25);1H4/t14-,20+;/m1./s1. The normalized spacial score (nSPS) is 15.4. The van der Waals surface area contributed by atoms with Gasteiger partial charge in [-0.3, -0.25) is 28.9 Å². The highest BCUT2D eigenvalue weighted by Crippen LogP contribution is 2.12. The zero-order chi connectivity index (χ0) is 20.6. The molecule has 1 aliphatic rings. The Bertz CT molecular complexity index is 606. The third-order valence-corrected chi connectivity index (χ3v) is 4.72. The van der Waals surface area contributed by atoms with Crippen LogP contribution in [-0.2, 0) is 24.0 Å². The van der Waals surface area contributed by atoms with Crippen LogP contribution in [0.15, 0.2) is 12.2 Å². The molecule has 0 saturated heterocycles. The highest BCUT2D eigenvalue weighted by Gasteiger charge is 2.26. The number of carbonyl (C=O) groups is 5. The number of amides is 3. The van der Waals surface area contributed by atoms with E-state index in [1.165, 1.54) is 24.0 Å². The maximum Gasteiger partial charge on any atom is 0.253 e. The van der Waals surface area contributed by atoms with Crippen LogP contribution in [0.3, 0.4) is 0 Å². The quantitative estimate of drug-likeness (QED) is 0.405. The summed E-state index contributed by atoms with van der Waals surface area (Å²) in [6.07, 6.45) is 4.86. The van der Waals surface area contributed by atoms with E-state index in [9.17, 15) is 24.0 Å². The van der Waals surface area contributed by atoms with Gasteiger partial charge in [-0.1, -0.05) is 34.6 Å². The van der Waals surface area contributed by atoms with Crippen molar-refractivity contribution in [1.29, 1.82) is 0 Å². The van der Waals surface area contributed by atoms with Crippen molar-refractivity contribution < 1.29 is 24.0 Å². The van der Waals surface area contributed by atoms with Crippen LogP contribution in [0.1, 0.15) is 67.2 Å². The second kappa shape index (κ2) is 12.2. The van der Waals surface area contributed by atoms with Crippen LogP contribution in [0.25, 0.3) is 0 Å². The molecule has 1 heterocycles. The Morgan fingerprint density at radius 3 is 2.07 bits per heavy atom. The number of nitrogens with zero attached hydrogens (tertiary/aromatic N) is 1. The molecule has 0 aromatic rings. The van der Waals surface area contributed by atoms with Crippen molar-refractivity contribution in [3.63, 3.8) is 0 Å². The first-order chi connectivity index (χ1) is 12.6. The van der Waals surface area contributed by atoms with E-state index in [0.717, 1.165) is 0 Å². The van der Waals surface area contributed by atoms with E-state index in [1.807, 2.05) is 13.8 Å². The lowest BCUT2D eigenvalue weighted by atomic mass is 9.91. The summed E-state index contributed by atoms with van der Waals surface area (Å²) >= 11 is 0. The number of imide groups is 1. The van der Waals surface area contributed by atoms with E-state index in [0.29, 0.717) is 25.8 Å². The highest BCUT2D eigenvalue weighted by molar-refractivity contribution is 6.12. The lowest BCUT2D eigenvalue weighted by molar-refractivity contribution is -0.137. The van der Waals surface area contributed by atoms with Gasteiger partial charge in [0, 0.05) is 37.5 Å². The van der Waals surface area contributed by atoms with Crippen LogP contribution < -0.4 is 5.32 Å². The lowest BCUT2D eigenvalue weighted by Gasteiger charge is -2.22. The summed E-state index contributed by atoms with van der Waals surface area (Å²) in [6, 6.07) is -0.592. The molecule has 0 saturated carbocycles.